The molecule has 0 saturated heterocycles. The number of anilines is 2. The number of nitrogens with zero attached hydrogens (tertiary/aromatic N) is 2. The van der Waals surface area contributed by atoms with Crippen molar-refractivity contribution in [2.75, 3.05) is 17.2 Å². The van der Waals surface area contributed by atoms with Crippen molar-refractivity contribution >= 4 is 29.1 Å². The van der Waals surface area contributed by atoms with Crippen LogP contribution in [-0.4, -0.2) is 34.4 Å². The van der Waals surface area contributed by atoms with Crippen molar-refractivity contribution in [2.24, 2.45) is 0 Å². The molecule has 0 aliphatic rings. The second-order valence-electron chi connectivity index (χ2n) is 5.29. The summed E-state index contributed by atoms with van der Waals surface area (Å²) in [5.41, 5.74) is 0.231. The van der Waals surface area contributed by atoms with Crippen LogP contribution in [0.1, 0.15) is 24.2 Å². The Balaban J connectivity index is 2.23. The highest BCUT2D eigenvalue weighted by atomic mass is 16.6. The van der Waals surface area contributed by atoms with Crippen LogP contribution < -0.4 is 10.6 Å². The number of ketones is 1. The number of hydrogen-bond donors (Lipinski definition) is 2. The average molecular weight is 358 g/mol. The molecule has 1 amide bonds. The molecule has 26 heavy (non-hydrogen) atoms. The minimum absolute atomic E-state index is 0.0635. The molecular weight excluding hydrogens is 340 g/mol. The zero-order valence-corrected chi connectivity index (χ0v) is 14.3. The molecule has 0 radical (unpaired) electrons. The maximum atomic E-state index is 12.4. The van der Waals surface area contributed by atoms with Crippen LogP contribution in [0.2, 0.25) is 0 Å². The first-order valence-corrected chi connectivity index (χ1v) is 7.86. The summed E-state index contributed by atoms with van der Waals surface area (Å²) in [5, 5.41) is 16.4. The number of hydrogen-bond acceptors (Lipinski definition) is 7. The van der Waals surface area contributed by atoms with Gasteiger partial charge < -0.3 is 10.1 Å². The van der Waals surface area contributed by atoms with Gasteiger partial charge in [-0.15, -0.1) is 0 Å². The maximum absolute atomic E-state index is 12.4. The molecule has 0 bridgehead atoms. The van der Waals surface area contributed by atoms with Crippen LogP contribution in [0.5, 0.6) is 0 Å². The largest absolute Gasteiger partial charge is 0.450 e. The molecule has 9 heteroatoms. The number of rotatable bonds is 7. The van der Waals surface area contributed by atoms with Crippen molar-refractivity contribution in [2.45, 2.75) is 19.9 Å². The van der Waals surface area contributed by atoms with E-state index >= 15 is 0 Å². The summed E-state index contributed by atoms with van der Waals surface area (Å²) in [6, 6.07) is 9.13. The van der Waals surface area contributed by atoms with Crippen molar-refractivity contribution in [3.63, 3.8) is 0 Å². The minimum atomic E-state index is -0.729. The summed E-state index contributed by atoms with van der Waals surface area (Å²) in [7, 11) is 0. The fourth-order valence-electron chi connectivity index (χ4n) is 2.20. The van der Waals surface area contributed by atoms with Crippen molar-refractivity contribution in [3.05, 3.63) is 58.3 Å². The monoisotopic (exact) mass is 358 g/mol. The van der Waals surface area contributed by atoms with Crippen LogP contribution >= 0.6 is 0 Å². The third-order valence-electron chi connectivity index (χ3n) is 3.41. The quantitative estimate of drug-likeness (QED) is 0.442. The molecule has 0 spiro atoms. The van der Waals surface area contributed by atoms with E-state index in [-0.39, 0.29) is 29.6 Å². The number of amides is 1. The standard InChI is InChI=1S/C17H18N4O5/c1-3-26-17(23)20-15-9-13(14(10-18-15)21(24)25)19-11(2)16(22)12-7-5-4-6-8-12/h4-11H,3H2,1-2H3,(H2,18,19,20,23). The van der Waals surface area contributed by atoms with Gasteiger partial charge >= 0.3 is 11.8 Å². The summed E-state index contributed by atoms with van der Waals surface area (Å²) in [6.45, 7) is 3.41. The van der Waals surface area contributed by atoms with Gasteiger partial charge in [-0.3, -0.25) is 20.2 Å². The van der Waals surface area contributed by atoms with Crippen LogP contribution in [0.25, 0.3) is 0 Å². The molecule has 0 aliphatic heterocycles. The molecule has 1 heterocycles. The predicted molar refractivity (Wildman–Crippen MR) is 95.4 cm³/mol. The fourth-order valence-corrected chi connectivity index (χ4v) is 2.20. The van der Waals surface area contributed by atoms with Crippen molar-refractivity contribution < 1.29 is 19.2 Å². The van der Waals surface area contributed by atoms with E-state index in [0.717, 1.165) is 6.20 Å². The number of nitro groups is 1. The number of benzene rings is 1. The number of ether oxygens (including phenoxy) is 1. The molecule has 2 rings (SSSR count). The Bertz CT molecular complexity index is 810. The summed E-state index contributed by atoms with van der Waals surface area (Å²) in [5.74, 6) is -0.160. The Morgan fingerprint density at radius 3 is 2.62 bits per heavy atom. The zero-order valence-electron chi connectivity index (χ0n) is 14.3. The van der Waals surface area contributed by atoms with E-state index in [0.29, 0.717) is 5.56 Å². The average Bonchev–Trinajstić information content (AvgIpc) is 2.62. The van der Waals surface area contributed by atoms with Crippen LogP contribution in [-0.2, 0) is 4.74 Å². The van der Waals surface area contributed by atoms with Crippen molar-refractivity contribution in [1.29, 1.82) is 0 Å². The van der Waals surface area contributed by atoms with Gasteiger partial charge in [0.25, 0.3) is 0 Å². The molecule has 2 aromatic rings. The van der Waals surface area contributed by atoms with E-state index in [2.05, 4.69) is 15.6 Å². The molecule has 1 atom stereocenters. The lowest BCUT2D eigenvalue weighted by atomic mass is 10.1. The van der Waals surface area contributed by atoms with Gasteiger partial charge in [-0.25, -0.2) is 9.78 Å². The number of Topliss-reactive ketones (excluding diaryl/α,β-unsaturated/α-hetero) is 1. The number of carbonyl (C=O) groups is 2. The van der Waals surface area contributed by atoms with Gasteiger partial charge in [-0.1, -0.05) is 30.3 Å². The van der Waals surface area contributed by atoms with E-state index in [9.17, 15) is 19.7 Å². The SMILES string of the molecule is CCOC(=O)Nc1cc(NC(C)C(=O)c2ccccc2)c([N+](=O)[O-])cn1. The van der Waals surface area contributed by atoms with Crippen LogP contribution in [0.3, 0.4) is 0 Å². The first kappa shape index (κ1) is 18.8. The lowest BCUT2D eigenvalue weighted by Crippen LogP contribution is -2.26. The van der Waals surface area contributed by atoms with Gasteiger partial charge in [0.2, 0.25) is 0 Å². The molecule has 0 fully saturated rings. The van der Waals surface area contributed by atoms with Gasteiger partial charge in [0, 0.05) is 11.6 Å². The lowest BCUT2D eigenvalue weighted by molar-refractivity contribution is -0.384. The normalized spacial score (nSPS) is 11.3. The van der Waals surface area contributed by atoms with Crippen LogP contribution in [0.4, 0.5) is 22.0 Å². The topological polar surface area (TPSA) is 123 Å². The Labute approximate surface area is 149 Å². The number of nitrogens with one attached hydrogen (secondary N) is 2. The van der Waals surface area contributed by atoms with Gasteiger partial charge in [-0.05, 0) is 13.8 Å². The number of aromatic nitrogens is 1. The van der Waals surface area contributed by atoms with Crippen LogP contribution in [0.15, 0.2) is 42.6 Å². The molecule has 9 nitrogen and oxygen atoms in total. The van der Waals surface area contributed by atoms with E-state index < -0.39 is 17.1 Å². The highest BCUT2D eigenvalue weighted by Crippen LogP contribution is 2.27. The summed E-state index contributed by atoms with van der Waals surface area (Å²) in [4.78, 5) is 38.3. The van der Waals surface area contributed by atoms with E-state index in [1.807, 2.05) is 0 Å². The summed E-state index contributed by atoms with van der Waals surface area (Å²) < 4.78 is 4.74. The van der Waals surface area contributed by atoms with Gasteiger partial charge in [0.1, 0.15) is 17.7 Å². The fraction of sp³-hybridized carbons (Fsp3) is 0.235. The van der Waals surface area contributed by atoms with Crippen LogP contribution in [0, 0.1) is 10.1 Å². The second kappa shape index (κ2) is 8.56. The maximum Gasteiger partial charge on any atom is 0.412 e. The van der Waals surface area contributed by atoms with E-state index in [1.165, 1.54) is 6.07 Å². The minimum Gasteiger partial charge on any atom is -0.450 e. The lowest BCUT2D eigenvalue weighted by Gasteiger charge is -2.15. The molecule has 1 unspecified atom stereocenters. The third kappa shape index (κ3) is 4.76. The molecule has 1 aromatic carbocycles. The molecule has 1 aromatic heterocycles. The zero-order chi connectivity index (χ0) is 19.1. The Kier molecular flexibility index (Phi) is 6.20. The first-order chi connectivity index (χ1) is 12.4. The Hall–Kier alpha value is -3.49. The van der Waals surface area contributed by atoms with E-state index in [1.54, 1.807) is 44.2 Å². The third-order valence-corrected chi connectivity index (χ3v) is 3.41. The Morgan fingerprint density at radius 1 is 1.31 bits per heavy atom. The van der Waals surface area contributed by atoms with Gasteiger partial charge in [-0.2, -0.15) is 0 Å². The number of carbonyl (C=O) groups excluding carboxylic acids is 2. The highest BCUT2D eigenvalue weighted by Gasteiger charge is 2.21. The second-order valence-corrected chi connectivity index (χ2v) is 5.29. The molecule has 136 valence electrons. The number of pyridine rings is 1. The molecule has 2 N–H and O–H groups in total. The molecular formula is C17H18N4O5. The van der Waals surface area contributed by atoms with Crippen molar-refractivity contribution in [3.8, 4) is 0 Å². The van der Waals surface area contributed by atoms with Crippen molar-refractivity contribution in [1.82, 2.24) is 4.98 Å². The Morgan fingerprint density at radius 2 is 2.00 bits per heavy atom. The van der Waals surface area contributed by atoms with E-state index in [4.69, 9.17) is 4.74 Å². The van der Waals surface area contributed by atoms with Gasteiger partial charge in [0.15, 0.2) is 5.78 Å². The summed E-state index contributed by atoms with van der Waals surface area (Å²) in [6.07, 6.45) is 0.275. The molecule has 0 saturated carbocycles. The summed E-state index contributed by atoms with van der Waals surface area (Å²) >= 11 is 0. The highest BCUT2D eigenvalue weighted by molar-refractivity contribution is 6.01. The smallest absolute Gasteiger partial charge is 0.412 e. The first-order valence-electron chi connectivity index (χ1n) is 7.86. The predicted octanol–water partition coefficient (Wildman–Crippen LogP) is 3.24. The molecule has 0 aliphatic carbocycles. The van der Waals surface area contributed by atoms with Gasteiger partial charge in [0.05, 0.1) is 17.6 Å².